The van der Waals surface area contributed by atoms with Crippen molar-refractivity contribution in [2.24, 2.45) is 11.7 Å². The van der Waals surface area contributed by atoms with Gasteiger partial charge < -0.3 is 11.1 Å². The van der Waals surface area contributed by atoms with Gasteiger partial charge in [0.2, 0.25) is 11.8 Å². The highest BCUT2D eigenvalue weighted by Gasteiger charge is 2.28. The Bertz CT molecular complexity index is 752. The molecule has 1 unspecified atom stereocenters. The van der Waals surface area contributed by atoms with Crippen LogP contribution < -0.4 is 11.1 Å². The minimum atomic E-state index is -0.315. The summed E-state index contributed by atoms with van der Waals surface area (Å²) in [4.78, 5) is 27.1. The zero-order valence-corrected chi connectivity index (χ0v) is 15.8. The van der Waals surface area contributed by atoms with Crippen molar-refractivity contribution in [3.05, 3.63) is 57.8 Å². The predicted molar refractivity (Wildman–Crippen MR) is 104 cm³/mol. The Labute approximate surface area is 158 Å². The summed E-state index contributed by atoms with van der Waals surface area (Å²) in [7, 11) is 0. The zero-order valence-electron chi connectivity index (χ0n) is 15.0. The van der Waals surface area contributed by atoms with Crippen LogP contribution in [0.4, 0.5) is 0 Å². The Kier molecular flexibility index (Phi) is 6.06. The number of nitrogens with one attached hydrogen (secondary N) is 1. The molecule has 0 spiro atoms. The molecule has 6 heteroatoms. The fraction of sp³-hybridized carbons (Fsp3) is 0.400. The molecule has 26 heavy (non-hydrogen) atoms. The number of aryl methyl sites for hydroxylation is 1. The summed E-state index contributed by atoms with van der Waals surface area (Å²) in [6, 6.07) is 12.1. The van der Waals surface area contributed by atoms with Gasteiger partial charge in [0.25, 0.3) is 0 Å². The second kappa shape index (κ2) is 8.47. The normalized spacial score (nSPS) is 17.0. The molecule has 3 N–H and O–H groups in total. The fourth-order valence-electron chi connectivity index (χ4n) is 3.50. The number of piperidine rings is 1. The molecule has 1 aromatic heterocycles. The summed E-state index contributed by atoms with van der Waals surface area (Å²) in [5.74, 6) is -0.249. The monoisotopic (exact) mass is 371 g/mol. The first-order chi connectivity index (χ1) is 12.5. The van der Waals surface area contributed by atoms with Gasteiger partial charge in [0.05, 0.1) is 12.6 Å². The van der Waals surface area contributed by atoms with Crippen molar-refractivity contribution in [2.75, 3.05) is 19.6 Å². The molecule has 2 amide bonds. The average molecular weight is 372 g/mol. The van der Waals surface area contributed by atoms with E-state index in [1.165, 1.54) is 5.56 Å². The summed E-state index contributed by atoms with van der Waals surface area (Å²) in [5.41, 5.74) is 7.56. The molecule has 0 saturated carbocycles. The summed E-state index contributed by atoms with van der Waals surface area (Å²) in [6.45, 7) is 3.81. The molecule has 1 atom stereocenters. The number of likely N-dealkylation sites (tertiary alicyclic amines) is 1. The van der Waals surface area contributed by atoms with Crippen molar-refractivity contribution in [3.8, 4) is 0 Å². The van der Waals surface area contributed by atoms with Crippen molar-refractivity contribution >= 4 is 23.2 Å². The summed E-state index contributed by atoms with van der Waals surface area (Å²) in [6.07, 6.45) is 1.51. The average Bonchev–Trinajstić information content (AvgIpc) is 3.15. The van der Waals surface area contributed by atoms with Gasteiger partial charge in [-0.05, 0) is 55.4 Å². The van der Waals surface area contributed by atoms with E-state index in [2.05, 4.69) is 30.4 Å². The number of primary amides is 1. The van der Waals surface area contributed by atoms with E-state index in [0.29, 0.717) is 0 Å². The first-order valence-electron chi connectivity index (χ1n) is 8.94. The number of amides is 2. The van der Waals surface area contributed by atoms with Crippen LogP contribution >= 0.6 is 11.3 Å². The smallest absolute Gasteiger partial charge is 0.231 e. The van der Waals surface area contributed by atoms with Crippen LogP contribution in [0.15, 0.2) is 41.8 Å². The van der Waals surface area contributed by atoms with Crippen LogP contribution in [0.1, 0.15) is 34.9 Å². The Morgan fingerprint density at radius 3 is 2.58 bits per heavy atom. The van der Waals surface area contributed by atoms with Gasteiger partial charge in [-0.25, -0.2) is 0 Å². The summed E-state index contributed by atoms with van der Waals surface area (Å²) in [5, 5.41) is 5.30. The topological polar surface area (TPSA) is 75.4 Å². The van der Waals surface area contributed by atoms with E-state index in [1.54, 1.807) is 11.3 Å². The lowest BCUT2D eigenvalue weighted by Crippen LogP contribution is -2.44. The second-order valence-electron chi connectivity index (χ2n) is 6.83. The molecule has 0 bridgehead atoms. The molecular weight excluding hydrogens is 346 g/mol. The number of hydrogen-bond acceptors (Lipinski definition) is 4. The van der Waals surface area contributed by atoms with Gasteiger partial charge >= 0.3 is 0 Å². The minimum absolute atomic E-state index is 0.0226. The maximum atomic E-state index is 12.9. The lowest BCUT2D eigenvalue weighted by molar-refractivity contribution is -0.127. The van der Waals surface area contributed by atoms with E-state index >= 15 is 0 Å². The van der Waals surface area contributed by atoms with Crippen LogP contribution in [-0.2, 0) is 9.59 Å². The van der Waals surface area contributed by atoms with E-state index in [0.717, 1.165) is 36.4 Å². The summed E-state index contributed by atoms with van der Waals surface area (Å²) < 4.78 is 0. The Morgan fingerprint density at radius 1 is 1.23 bits per heavy atom. The third kappa shape index (κ3) is 4.51. The highest BCUT2D eigenvalue weighted by molar-refractivity contribution is 7.10. The van der Waals surface area contributed by atoms with Crippen LogP contribution in [0, 0.1) is 12.8 Å². The lowest BCUT2D eigenvalue weighted by Gasteiger charge is -2.31. The number of hydrogen-bond donors (Lipinski definition) is 2. The van der Waals surface area contributed by atoms with Gasteiger partial charge in [-0.15, -0.1) is 11.3 Å². The molecule has 0 radical (unpaired) electrons. The van der Waals surface area contributed by atoms with E-state index in [-0.39, 0.29) is 30.3 Å². The minimum Gasteiger partial charge on any atom is -0.369 e. The Balaban J connectivity index is 1.69. The molecule has 1 aromatic carbocycles. The molecule has 1 saturated heterocycles. The number of carbonyl (C=O) groups excluding carboxylic acids is 2. The number of nitrogens with zero attached hydrogens (tertiary/aromatic N) is 1. The van der Waals surface area contributed by atoms with Crippen LogP contribution in [0.2, 0.25) is 0 Å². The molecule has 138 valence electrons. The first-order valence-corrected chi connectivity index (χ1v) is 9.82. The van der Waals surface area contributed by atoms with Crippen LogP contribution in [0.3, 0.4) is 0 Å². The standard InChI is InChI=1S/C20H25N3O2S/c1-14-5-2-3-6-16(14)19(17-7-4-12-26-17)22-20(25)15-8-10-23(11-9-15)13-18(21)24/h2-7,12,15,19H,8-11,13H2,1H3,(H2,21,24)(H,22,25). The van der Waals surface area contributed by atoms with Gasteiger partial charge in [-0.1, -0.05) is 30.3 Å². The Morgan fingerprint density at radius 2 is 1.96 bits per heavy atom. The number of nitrogens with two attached hydrogens (primary N) is 1. The fourth-order valence-corrected chi connectivity index (χ4v) is 4.30. The number of benzene rings is 1. The number of rotatable bonds is 6. The molecule has 2 aromatic rings. The molecule has 5 nitrogen and oxygen atoms in total. The highest BCUT2D eigenvalue weighted by atomic mass is 32.1. The van der Waals surface area contributed by atoms with E-state index in [4.69, 9.17) is 5.73 Å². The van der Waals surface area contributed by atoms with Crippen LogP contribution in [0.25, 0.3) is 0 Å². The predicted octanol–water partition coefficient (Wildman–Crippen LogP) is 2.46. The first kappa shape index (κ1) is 18.6. The van der Waals surface area contributed by atoms with Gasteiger partial charge in [-0.3, -0.25) is 14.5 Å². The second-order valence-corrected chi connectivity index (χ2v) is 7.81. The lowest BCUT2D eigenvalue weighted by atomic mass is 9.94. The van der Waals surface area contributed by atoms with Crippen molar-refractivity contribution in [2.45, 2.75) is 25.8 Å². The van der Waals surface area contributed by atoms with Gasteiger partial charge in [0.1, 0.15) is 0 Å². The van der Waals surface area contributed by atoms with Gasteiger partial charge in [-0.2, -0.15) is 0 Å². The van der Waals surface area contributed by atoms with Crippen molar-refractivity contribution in [1.29, 1.82) is 0 Å². The SMILES string of the molecule is Cc1ccccc1C(NC(=O)C1CCN(CC(N)=O)CC1)c1cccs1. The van der Waals surface area contributed by atoms with E-state index < -0.39 is 0 Å². The van der Waals surface area contributed by atoms with Crippen LogP contribution in [-0.4, -0.2) is 36.3 Å². The third-order valence-electron chi connectivity index (χ3n) is 4.95. The quantitative estimate of drug-likeness (QED) is 0.819. The number of thiophene rings is 1. The molecular formula is C20H25N3O2S. The molecule has 1 aliphatic heterocycles. The third-order valence-corrected chi connectivity index (χ3v) is 5.89. The molecule has 3 rings (SSSR count). The number of carbonyl (C=O) groups is 2. The van der Waals surface area contributed by atoms with Crippen molar-refractivity contribution in [1.82, 2.24) is 10.2 Å². The van der Waals surface area contributed by atoms with Crippen LogP contribution in [0.5, 0.6) is 0 Å². The Hall–Kier alpha value is -2.18. The summed E-state index contributed by atoms with van der Waals surface area (Å²) >= 11 is 1.66. The zero-order chi connectivity index (χ0) is 18.5. The highest BCUT2D eigenvalue weighted by Crippen LogP contribution is 2.29. The van der Waals surface area contributed by atoms with E-state index in [1.807, 2.05) is 28.5 Å². The molecule has 0 aliphatic carbocycles. The molecule has 1 fully saturated rings. The molecule has 2 heterocycles. The van der Waals surface area contributed by atoms with Crippen molar-refractivity contribution in [3.63, 3.8) is 0 Å². The van der Waals surface area contributed by atoms with E-state index in [9.17, 15) is 9.59 Å². The molecule has 1 aliphatic rings. The van der Waals surface area contributed by atoms with Gasteiger partial charge in [0.15, 0.2) is 0 Å². The van der Waals surface area contributed by atoms with Gasteiger partial charge in [0, 0.05) is 10.8 Å². The largest absolute Gasteiger partial charge is 0.369 e. The van der Waals surface area contributed by atoms with Crippen molar-refractivity contribution < 1.29 is 9.59 Å². The maximum absolute atomic E-state index is 12.9. The maximum Gasteiger partial charge on any atom is 0.231 e.